The van der Waals surface area contributed by atoms with Crippen molar-refractivity contribution < 1.29 is 14.6 Å². The molecule has 3 rings (SSSR count). The third-order valence-electron chi connectivity index (χ3n) is 3.74. The van der Waals surface area contributed by atoms with Crippen LogP contribution in [-0.4, -0.2) is 39.8 Å². The Kier molecular flexibility index (Phi) is 2.33. The number of rotatable bonds is 0. The van der Waals surface area contributed by atoms with Crippen molar-refractivity contribution in [2.24, 2.45) is 0 Å². The Morgan fingerprint density at radius 3 is 2.78 bits per heavy atom. The number of pyridine rings is 1. The molecule has 1 saturated heterocycles. The van der Waals surface area contributed by atoms with Gasteiger partial charge in [-0.2, -0.15) is 0 Å². The molecule has 0 unspecified atom stereocenters. The third-order valence-corrected chi connectivity index (χ3v) is 3.74. The molecule has 1 spiro atoms. The Hall–Kier alpha value is -1.98. The van der Waals surface area contributed by atoms with Crippen LogP contribution in [0.1, 0.15) is 18.4 Å². The molecule has 0 aliphatic carbocycles. The number of hydrogen-bond donors (Lipinski definition) is 2. The quantitative estimate of drug-likeness (QED) is 0.714. The van der Waals surface area contributed by atoms with Crippen LogP contribution >= 0.6 is 0 Å². The molecule has 1 amide bonds. The van der Waals surface area contributed by atoms with Crippen molar-refractivity contribution in [2.75, 3.05) is 13.1 Å². The number of carbonyl (C=O) groups is 1. The van der Waals surface area contributed by atoms with E-state index >= 15 is 0 Å². The van der Waals surface area contributed by atoms with Crippen LogP contribution in [0.5, 0.6) is 5.88 Å². The van der Waals surface area contributed by atoms with E-state index in [0.29, 0.717) is 31.8 Å². The van der Waals surface area contributed by atoms with Gasteiger partial charge in [0, 0.05) is 44.0 Å². The molecule has 1 fully saturated rings. The molecule has 2 aliphatic heterocycles. The molecular formula is C12H14N2O4. The first-order valence-electron chi connectivity index (χ1n) is 5.97. The fraction of sp³-hybridized carbons (Fsp3) is 0.500. The average Bonchev–Trinajstić information content (AvgIpc) is 2.66. The molecule has 0 radical (unpaired) electrons. The number of aromatic nitrogens is 1. The predicted octanol–water partition coefficient (Wildman–Crippen LogP) is 0.822. The third kappa shape index (κ3) is 1.73. The molecule has 1 aromatic rings. The highest BCUT2D eigenvalue weighted by atomic mass is 16.5. The lowest BCUT2D eigenvalue weighted by atomic mass is 9.87. The Balaban J connectivity index is 1.78. The zero-order valence-electron chi connectivity index (χ0n) is 9.81. The second-order valence-corrected chi connectivity index (χ2v) is 4.91. The van der Waals surface area contributed by atoms with Gasteiger partial charge in [0.05, 0.1) is 0 Å². The van der Waals surface area contributed by atoms with E-state index in [4.69, 9.17) is 9.84 Å². The lowest BCUT2D eigenvalue weighted by Gasteiger charge is -2.37. The maximum Gasteiger partial charge on any atom is 0.407 e. The van der Waals surface area contributed by atoms with E-state index < -0.39 is 6.09 Å². The summed E-state index contributed by atoms with van der Waals surface area (Å²) in [6.45, 7) is 0.959. The molecule has 18 heavy (non-hydrogen) atoms. The standard InChI is InChI=1S/C12H14N2O4/c15-9-2-1-8-7-12(18-10(8)13-9)3-5-14(6-4-12)11(16)17/h1-2H,3-7H2,(H,13,15)(H,16,17). The van der Waals surface area contributed by atoms with Gasteiger partial charge in [0.1, 0.15) is 5.60 Å². The first-order chi connectivity index (χ1) is 8.58. The number of hydrogen-bond acceptors (Lipinski definition) is 3. The molecular weight excluding hydrogens is 236 g/mol. The van der Waals surface area contributed by atoms with Gasteiger partial charge in [0.15, 0.2) is 5.88 Å². The summed E-state index contributed by atoms with van der Waals surface area (Å²) in [5.74, 6) is 0.547. The van der Waals surface area contributed by atoms with E-state index in [1.165, 1.54) is 11.0 Å². The number of likely N-dealkylation sites (tertiary alicyclic amines) is 1. The number of nitrogens with zero attached hydrogens (tertiary/aromatic N) is 1. The first kappa shape index (κ1) is 11.1. The van der Waals surface area contributed by atoms with Gasteiger partial charge in [0.25, 0.3) is 5.56 Å². The Bertz CT molecular complexity index is 543. The Morgan fingerprint density at radius 2 is 2.11 bits per heavy atom. The van der Waals surface area contributed by atoms with Crippen LogP contribution in [0.15, 0.2) is 16.9 Å². The van der Waals surface area contributed by atoms with E-state index in [9.17, 15) is 9.59 Å². The fourth-order valence-corrected chi connectivity index (χ4v) is 2.70. The van der Waals surface area contributed by atoms with Crippen LogP contribution in [0, 0.1) is 0 Å². The topological polar surface area (TPSA) is 82.6 Å². The summed E-state index contributed by atoms with van der Waals surface area (Å²) >= 11 is 0. The van der Waals surface area contributed by atoms with Gasteiger partial charge in [-0.1, -0.05) is 0 Å². The van der Waals surface area contributed by atoms with E-state index in [0.717, 1.165) is 12.0 Å². The van der Waals surface area contributed by atoms with Crippen molar-refractivity contribution in [3.8, 4) is 5.88 Å². The van der Waals surface area contributed by atoms with E-state index in [1.807, 2.05) is 0 Å². The molecule has 0 saturated carbocycles. The molecule has 0 aromatic carbocycles. The van der Waals surface area contributed by atoms with Crippen LogP contribution in [0.2, 0.25) is 0 Å². The van der Waals surface area contributed by atoms with Gasteiger partial charge in [-0.05, 0) is 6.07 Å². The molecule has 3 heterocycles. The number of piperidine rings is 1. The van der Waals surface area contributed by atoms with Gasteiger partial charge in [-0.15, -0.1) is 0 Å². The van der Waals surface area contributed by atoms with Crippen LogP contribution in [-0.2, 0) is 6.42 Å². The van der Waals surface area contributed by atoms with Gasteiger partial charge < -0.3 is 14.7 Å². The number of H-pyrrole nitrogens is 1. The molecule has 2 aliphatic rings. The second-order valence-electron chi connectivity index (χ2n) is 4.91. The van der Waals surface area contributed by atoms with Crippen LogP contribution in [0.4, 0.5) is 4.79 Å². The Labute approximate surface area is 103 Å². The number of amides is 1. The number of ether oxygens (including phenoxy) is 1. The summed E-state index contributed by atoms with van der Waals surface area (Å²) < 4.78 is 5.87. The highest BCUT2D eigenvalue weighted by molar-refractivity contribution is 5.65. The van der Waals surface area contributed by atoms with Crippen molar-refractivity contribution >= 4 is 6.09 Å². The van der Waals surface area contributed by atoms with Gasteiger partial charge in [-0.3, -0.25) is 9.78 Å². The smallest absolute Gasteiger partial charge is 0.407 e. The molecule has 1 aromatic heterocycles. The highest BCUT2D eigenvalue weighted by Gasteiger charge is 2.43. The van der Waals surface area contributed by atoms with Crippen molar-refractivity contribution in [3.05, 3.63) is 28.0 Å². The van der Waals surface area contributed by atoms with Crippen LogP contribution < -0.4 is 10.3 Å². The summed E-state index contributed by atoms with van der Waals surface area (Å²) in [5, 5.41) is 8.92. The van der Waals surface area contributed by atoms with Crippen molar-refractivity contribution in [2.45, 2.75) is 24.9 Å². The van der Waals surface area contributed by atoms with Gasteiger partial charge in [0.2, 0.25) is 0 Å². The van der Waals surface area contributed by atoms with Gasteiger partial charge in [-0.25, -0.2) is 4.79 Å². The summed E-state index contributed by atoms with van der Waals surface area (Å²) in [6, 6.07) is 3.28. The van der Waals surface area contributed by atoms with Crippen molar-refractivity contribution in [1.29, 1.82) is 0 Å². The second kappa shape index (κ2) is 3.76. The number of aromatic amines is 1. The zero-order chi connectivity index (χ0) is 12.8. The zero-order valence-corrected chi connectivity index (χ0v) is 9.81. The SMILES string of the molecule is O=C(O)N1CCC2(CC1)Cc1ccc(=O)[nH]c1O2. The van der Waals surface area contributed by atoms with Crippen LogP contribution in [0.3, 0.4) is 0 Å². The minimum Gasteiger partial charge on any atom is -0.472 e. The normalized spacial score (nSPS) is 20.6. The molecule has 2 N–H and O–H groups in total. The molecule has 0 atom stereocenters. The highest BCUT2D eigenvalue weighted by Crippen LogP contribution is 2.39. The summed E-state index contributed by atoms with van der Waals surface area (Å²) in [7, 11) is 0. The maximum absolute atomic E-state index is 11.2. The Morgan fingerprint density at radius 1 is 1.39 bits per heavy atom. The largest absolute Gasteiger partial charge is 0.472 e. The molecule has 96 valence electrons. The summed E-state index contributed by atoms with van der Waals surface area (Å²) in [5.41, 5.74) is 0.491. The fourth-order valence-electron chi connectivity index (χ4n) is 2.70. The van der Waals surface area contributed by atoms with E-state index in [1.54, 1.807) is 6.07 Å². The van der Waals surface area contributed by atoms with E-state index in [2.05, 4.69) is 4.98 Å². The molecule has 0 bridgehead atoms. The van der Waals surface area contributed by atoms with Crippen molar-refractivity contribution in [1.82, 2.24) is 9.88 Å². The average molecular weight is 250 g/mol. The lowest BCUT2D eigenvalue weighted by Crippen LogP contribution is -2.48. The molecule has 6 nitrogen and oxygen atoms in total. The van der Waals surface area contributed by atoms with Gasteiger partial charge >= 0.3 is 6.09 Å². The first-order valence-corrected chi connectivity index (χ1v) is 5.97. The number of nitrogens with one attached hydrogen (secondary N) is 1. The summed E-state index contributed by atoms with van der Waals surface area (Å²) in [4.78, 5) is 26.2. The summed E-state index contributed by atoms with van der Waals surface area (Å²) in [6.07, 6.45) is 1.19. The monoisotopic (exact) mass is 250 g/mol. The number of fused-ring (bicyclic) bond motifs is 1. The van der Waals surface area contributed by atoms with E-state index in [-0.39, 0.29) is 11.2 Å². The molecule has 6 heteroatoms. The lowest BCUT2D eigenvalue weighted by molar-refractivity contribution is 0.0198. The number of carboxylic acid groups (broad SMARTS) is 1. The minimum atomic E-state index is -0.881. The maximum atomic E-state index is 11.2. The minimum absolute atomic E-state index is 0.172. The van der Waals surface area contributed by atoms with Crippen molar-refractivity contribution in [3.63, 3.8) is 0 Å². The van der Waals surface area contributed by atoms with Crippen LogP contribution in [0.25, 0.3) is 0 Å². The predicted molar refractivity (Wildman–Crippen MR) is 63.0 cm³/mol.